The van der Waals surface area contributed by atoms with E-state index in [0.29, 0.717) is 18.1 Å². The van der Waals surface area contributed by atoms with Crippen LogP contribution in [0.3, 0.4) is 0 Å². The van der Waals surface area contributed by atoms with Gasteiger partial charge in [0, 0.05) is 18.6 Å². The minimum Gasteiger partial charge on any atom is -0.384 e. The van der Waals surface area contributed by atoms with Gasteiger partial charge in [-0.15, -0.1) is 0 Å². The van der Waals surface area contributed by atoms with Crippen LogP contribution in [-0.2, 0) is 30.4 Å². The Morgan fingerprint density at radius 3 is 2.52 bits per heavy atom. The second-order valence-electron chi connectivity index (χ2n) is 8.03. The van der Waals surface area contributed by atoms with Crippen LogP contribution in [0.2, 0.25) is 0 Å². The molecule has 0 unspecified atom stereocenters. The van der Waals surface area contributed by atoms with Crippen molar-refractivity contribution < 1.29 is 22.5 Å². The Labute approximate surface area is 149 Å². The van der Waals surface area contributed by atoms with Crippen molar-refractivity contribution in [1.29, 1.82) is 0 Å². The lowest BCUT2D eigenvalue weighted by molar-refractivity contribution is -0.124. The van der Waals surface area contributed by atoms with Gasteiger partial charge in [-0.05, 0) is 32.6 Å². The van der Waals surface area contributed by atoms with Gasteiger partial charge in [0.05, 0.1) is 23.5 Å². The summed E-state index contributed by atoms with van der Waals surface area (Å²) in [5.74, 6) is 0.139. The molecule has 2 rings (SSSR count). The van der Waals surface area contributed by atoms with Crippen LogP contribution in [0.4, 0.5) is 0 Å². The first-order valence-corrected chi connectivity index (χ1v) is 10.1. The normalized spacial score (nSPS) is 16.5. The van der Waals surface area contributed by atoms with Gasteiger partial charge in [0.2, 0.25) is 15.9 Å². The van der Waals surface area contributed by atoms with Crippen LogP contribution in [0.25, 0.3) is 0 Å². The lowest BCUT2D eigenvalue weighted by Crippen LogP contribution is -2.45. The lowest BCUT2D eigenvalue weighted by Gasteiger charge is -2.26. The molecule has 25 heavy (non-hydrogen) atoms. The van der Waals surface area contributed by atoms with Gasteiger partial charge in [-0.2, -0.15) is 0 Å². The molecule has 1 N–H and O–H groups in total. The number of sulfonamides is 1. The highest BCUT2D eigenvalue weighted by atomic mass is 32.2. The molecule has 1 aliphatic rings. The molecule has 0 atom stereocenters. The van der Waals surface area contributed by atoms with Crippen molar-refractivity contribution in [3.63, 3.8) is 0 Å². The second kappa shape index (κ2) is 7.07. The quantitative estimate of drug-likeness (QED) is 0.750. The van der Waals surface area contributed by atoms with Gasteiger partial charge in [0.15, 0.2) is 0 Å². The summed E-state index contributed by atoms with van der Waals surface area (Å²) in [5.41, 5.74) is -1.14. The average Bonchev–Trinajstić information content (AvgIpc) is 2.94. The number of aromatic nitrogens is 1. The molecule has 1 aromatic heterocycles. The topological polar surface area (TPSA) is 98.5 Å². The molecule has 0 spiro atoms. The Balaban J connectivity index is 2.12. The molecule has 7 nitrogen and oxygen atoms in total. The lowest BCUT2D eigenvalue weighted by atomic mass is 9.85. The van der Waals surface area contributed by atoms with Gasteiger partial charge in [0.25, 0.3) is 0 Å². The van der Waals surface area contributed by atoms with E-state index in [4.69, 9.17) is 9.26 Å². The van der Waals surface area contributed by atoms with E-state index in [0.717, 1.165) is 19.3 Å². The van der Waals surface area contributed by atoms with Gasteiger partial charge in [-0.1, -0.05) is 25.4 Å². The Hall–Kier alpha value is -1.41. The molecule has 0 radical (unpaired) electrons. The highest BCUT2D eigenvalue weighted by Gasteiger charge is 2.38. The van der Waals surface area contributed by atoms with Crippen molar-refractivity contribution in [3.8, 4) is 0 Å². The summed E-state index contributed by atoms with van der Waals surface area (Å²) >= 11 is 0. The molecule has 1 heterocycles. The summed E-state index contributed by atoms with van der Waals surface area (Å²) in [6.45, 7) is 7.58. The van der Waals surface area contributed by atoms with Crippen LogP contribution >= 0.6 is 0 Å². The SMILES string of the molecule is COCC(C)(C)c1cc(C(C)(C)C(=O)NS(=O)(=O)CC2CCC2)no1. The Morgan fingerprint density at radius 1 is 1.36 bits per heavy atom. The van der Waals surface area contributed by atoms with Crippen LogP contribution in [0.15, 0.2) is 10.6 Å². The van der Waals surface area contributed by atoms with Crippen LogP contribution < -0.4 is 4.72 Å². The van der Waals surface area contributed by atoms with Crippen LogP contribution in [-0.4, -0.2) is 39.0 Å². The summed E-state index contributed by atoms with van der Waals surface area (Å²) in [6, 6.07) is 1.69. The van der Waals surface area contributed by atoms with Gasteiger partial charge in [-0.3, -0.25) is 9.52 Å². The van der Waals surface area contributed by atoms with Crippen molar-refractivity contribution in [1.82, 2.24) is 9.88 Å². The number of amides is 1. The molecule has 142 valence electrons. The van der Waals surface area contributed by atoms with E-state index in [9.17, 15) is 13.2 Å². The first kappa shape index (κ1) is 19.9. The number of carbonyl (C=O) groups is 1. The highest BCUT2D eigenvalue weighted by molar-refractivity contribution is 7.90. The number of methoxy groups -OCH3 is 1. The standard InChI is InChI=1S/C17H28N2O5S/c1-16(2,11-23-5)14-9-13(18-24-14)17(3,4)15(20)19-25(21,22)10-12-7-6-8-12/h9,12H,6-8,10-11H2,1-5H3,(H,19,20). The predicted octanol–water partition coefficient (Wildman–Crippen LogP) is 2.12. The number of carbonyl (C=O) groups excluding carboxylic acids is 1. The number of nitrogens with zero attached hydrogens (tertiary/aromatic N) is 1. The van der Waals surface area contributed by atoms with Crippen molar-refractivity contribution in [2.45, 2.75) is 57.8 Å². The van der Waals surface area contributed by atoms with Gasteiger partial charge < -0.3 is 9.26 Å². The Kier molecular flexibility index (Phi) is 5.63. The molecule has 0 saturated heterocycles. The molecular weight excluding hydrogens is 344 g/mol. The van der Waals surface area contributed by atoms with E-state index in [1.165, 1.54) is 0 Å². The van der Waals surface area contributed by atoms with Gasteiger partial charge in [0.1, 0.15) is 5.76 Å². The summed E-state index contributed by atoms with van der Waals surface area (Å²) in [7, 11) is -2.04. The molecule has 0 aromatic carbocycles. The van der Waals surface area contributed by atoms with E-state index in [2.05, 4.69) is 9.88 Å². The molecule has 8 heteroatoms. The van der Waals surface area contributed by atoms with E-state index in [-0.39, 0.29) is 11.7 Å². The fraction of sp³-hybridized carbons (Fsp3) is 0.765. The Morgan fingerprint density at radius 2 is 2.00 bits per heavy atom. The molecule has 0 aliphatic heterocycles. The third-order valence-electron chi connectivity index (χ3n) is 4.82. The van der Waals surface area contributed by atoms with E-state index in [1.807, 2.05) is 13.8 Å². The number of hydrogen-bond donors (Lipinski definition) is 1. The third kappa shape index (κ3) is 4.61. The van der Waals surface area contributed by atoms with Crippen molar-refractivity contribution >= 4 is 15.9 Å². The zero-order chi connectivity index (χ0) is 18.9. The smallest absolute Gasteiger partial charge is 0.245 e. The number of hydrogen-bond acceptors (Lipinski definition) is 6. The molecule has 1 saturated carbocycles. The van der Waals surface area contributed by atoms with Crippen molar-refractivity contribution in [2.24, 2.45) is 5.92 Å². The molecular formula is C17H28N2O5S. The van der Waals surface area contributed by atoms with Gasteiger partial charge in [-0.25, -0.2) is 8.42 Å². The average molecular weight is 372 g/mol. The maximum absolute atomic E-state index is 12.6. The summed E-state index contributed by atoms with van der Waals surface area (Å²) in [5, 5.41) is 3.99. The zero-order valence-electron chi connectivity index (χ0n) is 15.6. The molecule has 1 fully saturated rings. The summed E-state index contributed by atoms with van der Waals surface area (Å²) < 4.78 is 37.1. The predicted molar refractivity (Wildman–Crippen MR) is 93.7 cm³/mol. The molecule has 1 aromatic rings. The maximum Gasteiger partial charge on any atom is 0.245 e. The van der Waals surface area contributed by atoms with E-state index < -0.39 is 26.8 Å². The zero-order valence-corrected chi connectivity index (χ0v) is 16.4. The first-order chi connectivity index (χ1) is 11.5. The highest BCUT2D eigenvalue weighted by Crippen LogP contribution is 2.30. The number of nitrogens with one attached hydrogen (secondary N) is 1. The van der Waals surface area contributed by atoms with E-state index >= 15 is 0 Å². The van der Waals surface area contributed by atoms with Gasteiger partial charge >= 0.3 is 0 Å². The maximum atomic E-state index is 12.6. The van der Waals surface area contributed by atoms with Crippen molar-refractivity contribution in [2.75, 3.05) is 19.5 Å². The largest absolute Gasteiger partial charge is 0.384 e. The second-order valence-corrected chi connectivity index (χ2v) is 9.79. The number of ether oxygens (including phenoxy) is 1. The Bertz CT molecular complexity index is 717. The molecule has 1 aliphatic carbocycles. The van der Waals surface area contributed by atoms with Crippen LogP contribution in [0.5, 0.6) is 0 Å². The third-order valence-corrected chi connectivity index (χ3v) is 6.23. The summed E-state index contributed by atoms with van der Waals surface area (Å²) in [6.07, 6.45) is 2.86. The molecule has 0 bridgehead atoms. The van der Waals surface area contributed by atoms with E-state index in [1.54, 1.807) is 27.0 Å². The minimum absolute atomic E-state index is 0.000243. The fourth-order valence-corrected chi connectivity index (χ4v) is 4.29. The van der Waals surface area contributed by atoms with Crippen molar-refractivity contribution in [3.05, 3.63) is 17.5 Å². The number of rotatable bonds is 8. The summed E-state index contributed by atoms with van der Waals surface area (Å²) in [4.78, 5) is 12.6. The fourth-order valence-electron chi connectivity index (χ4n) is 2.72. The monoisotopic (exact) mass is 372 g/mol. The minimum atomic E-state index is -3.64. The molecule has 1 amide bonds. The van der Waals surface area contributed by atoms with Crippen LogP contribution in [0, 0.1) is 5.92 Å². The van der Waals surface area contributed by atoms with Crippen LogP contribution in [0.1, 0.15) is 58.4 Å². The first-order valence-electron chi connectivity index (χ1n) is 8.49.